The second-order valence-corrected chi connectivity index (χ2v) is 3.41. The summed E-state index contributed by atoms with van der Waals surface area (Å²) < 4.78 is 2.13. The van der Waals surface area contributed by atoms with Gasteiger partial charge >= 0.3 is 0 Å². The molecule has 1 aliphatic heterocycles. The van der Waals surface area contributed by atoms with Crippen LogP contribution < -0.4 is 11.1 Å². The minimum absolute atomic E-state index is 0.0284. The fourth-order valence-corrected chi connectivity index (χ4v) is 1.63. The molecule has 0 aromatic carbocycles. The molecular weight excluding hydrogens is 166 g/mol. The lowest BCUT2D eigenvalue weighted by Crippen LogP contribution is -2.20. The molecule has 0 unspecified atom stereocenters. The number of nitrogens with two attached hydrogens (primary N) is 1. The third kappa shape index (κ3) is 1.57. The van der Waals surface area contributed by atoms with E-state index in [1.165, 1.54) is 0 Å². The Kier molecular flexibility index (Phi) is 2.28. The molecule has 1 atom stereocenters. The van der Waals surface area contributed by atoms with E-state index < -0.39 is 0 Å². The third-order valence-corrected chi connectivity index (χ3v) is 2.30. The highest BCUT2D eigenvalue weighted by Crippen LogP contribution is 2.10. The van der Waals surface area contributed by atoms with Crippen LogP contribution in [0.4, 0.5) is 0 Å². The summed E-state index contributed by atoms with van der Waals surface area (Å²) in [5, 5.41) is 11.5. The summed E-state index contributed by atoms with van der Waals surface area (Å²) in [6, 6.07) is -0.0284. The lowest BCUT2D eigenvalue weighted by atomic mass is 10.3. The maximum atomic E-state index is 5.79. The molecule has 0 spiro atoms. The fraction of sp³-hybridized carbons (Fsp3) is 0.750. The van der Waals surface area contributed by atoms with Gasteiger partial charge in [0.2, 0.25) is 0 Å². The number of hydrogen-bond donors (Lipinski definition) is 2. The van der Waals surface area contributed by atoms with Crippen molar-refractivity contribution in [1.29, 1.82) is 0 Å². The summed E-state index contributed by atoms with van der Waals surface area (Å²) in [4.78, 5) is 0. The van der Waals surface area contributed by atoms with Crippen LogP contribution in [0.15, 0.2) is 0 Å². The van der Waals surface area contributed by atoms with Crippen LogP contribution in [-0.2, 0) is 13.0 Å². The number of fused-ring (bicyclic) bond motifs is 1. The molecule has 0 fully saturated rings. The van der Waals surface area contributed by atoms with Crippen molar-refractivity contribution in [2.75, 3.05) is 13.1 Å². The number of nitrogens with zero attached hydrogens (tertiary/aromatic N) is 3. The van der Waals surface area contributed by atoms with E-state index in [1.807, 2.05) is 6.92 Å². The van der Waals surface area contributed by atoms with Crippen molar-refractivity contribution in [3.05, 3.63) is 11.6 Å². The molecule has 0 saturated heterocycles. The van der Waals surface area contributed by atoms with Gasteiger partial charge in [-0.2, -0.15) is 0 Å². The van der Waals surface area contributed by atoms with Crippen LogP contribution in [0.25, 0.3) is 0 Å². The van der Waals surface area contributed by atoms with Crippen molar-refractivity contribution >= 4 is 0 Å². The van der Waals surface area contributed by atoms with Crippen LogP contribution >= 0.6 is 0 Å². The van der Waals surface area contributed by atoms with E-state index in [1.54, 1.807) is 0 Å². The number of rotatable bonds is 1. The van der Waals surface area contributed by atoms with Crippen molar-refractivity contribution < 1.29 is 0 Å². The lowest BCUT2D eigenvalue weighted by molar-refractivity contribution is 0.589. The molecule has 72 valence electrons. The standard InChI is InChI=1S/C8H15N5/c1-6(9)8-12-11-7-2-3-10-4-5-13(7)8/h6,10H,2-5,9H2,1H3/t6-/m1/s1. The zero-order chi connectivity index (χ0) is 9.26. The van der Waals surface area contributed by atoms with E-state index in [0.717, 1.165) is 37.7 Å². The Labute approximate surface area is 77.3 Å². The molecule has 5 nitrogen and oxygen atoms in total. The first-order valence-electron chi connectivity index (χ1n) is 4.67. The van der Waals surface area contributed by atoms with Gasteiger partial charge in [0.25, 0.3) is 0 Å². The normalized spacial score (nSPS) is 19.2. The lowest BCUT2D eigenvalue weighted by Gasteiger charge is -2.08. The highest BCUT2D eigenvalue weighted by Gasteiger charge is 2.16. The molecule has 0 amide bonds. The Bertz CT molecular complexity index is 291. The molecule has 0 aliphatic carbocycles. The molecule has 13 heavy (non-hydrogen) atoms. The van der Waals surface area contributed by atoms with Crippen molar-refractivity contribution in [3.63, 3.8) is 0 Å². The third-order valence-electron chi connectivity index (χ3n) is 2.30. The maximum absolute atomic E-state index is 5.79. The maximum Gasteiger partial charge on any atom is 0.149 e. The number of hydrogen-bond acceptors (Lipinski definition) is 4. The summed E-state index contributed by atoms with van der Waals surface area (Å²) in [6.45, 7) is 4.83. The summed E-state index contributed by atoms with van der Waals surface area (Å²) >= 11 is 0. The van der Waals surface area contributed by atoms with Gasteiger partial charge in [0.15, 0.2) is 0 Å². The van der Waals surface area contributed by atoms with E-state index in [4.69, 9.17) is 5.73 Å². The van der Waals surface area contributed by atoms with Crippen LogP contribution in [0.3, 0.4) is 0 Å². The first-order valence-corrected chi connectivity index (χ1v) is 4.67. The Morgan fingerprint density at radius 2 is 2.31 bits per heavy atom. The van der Waals surface area contributed by atoms with Crippen molar-refractivity contribution in [2.24, 2.45) is 5.73 Å². The van der Waals surface area contributed by atoms with Gasteiger partial charge in [0.1, 0.15) is 11.6 Å². The van der Waals surface area contributed by atoms with E-state index in [9.17, 15) is 0 Å². The molecule has 5 heteroatoms. The Morgan fingerprint density at radius 1 is 1.46 bits per heavy atom. The molecule has 1 aromatic heterocycles. The molecule has 2 rings (SSSR count). The SMILES string of the molecule is C[C@@H](N)c1nnc2n1CCNCC2. The van der Waals surface area contributed by atoms with Crippen molar-refractivity contribution in [3.8, 4) is 0 Å². The molecule has 0 bridgehead atoms. The van der Waals surface area contributed by atoms with Gasteiger partial charge < -0.3 is 15.6 Å². The van der Waals surface area contributed by atoms with E-state index >= 15 is 0 Å². The summed E-state index contributed by atoms with van der Waals surface area (Å²) in [7, 11) is 0. The van der Waals surface area contributed by atoms with E-state index in [0.29, 0.717) is 0 Å². The second-order valence-electron chi connectivity index (χ2n) is 3.41. The largest absolute Gasteiger partial charge is 0.322 e. The predicted octanol–water partition coefficient (Wildman–Crippen LogP) is -0.556. The molecule has 1 aromatic rings. The number of aromatic nitrogens is 3. The van der Waals surface area contributed by atoms with Gasteiger partial charge in [0, 0.05) is 26.1 Å². The average molecular weight is 181 g/mol. The summed E-state index contributed by atoms with van der Waals surface area (Å²) in [5.41, 5.74) is 5.79. The van der Waals surface area contributed by atoms with Gasteiger partial charge in [-0.1, -0.05) is 0 Å². The van der Waals surface area contributed by atoms with Gasteiger partial charge in [0.05, 0.1) is 6.04 Å². The first-order chi connectivity index (χ1) is 6.29. The Morgan fingerprint density at radius 3 is 3.08 bits per heavy atom. The van der Waals surface area contributed by atoms with Crippen molar-refractivity contribution in [1.82, 2.24) is 20.1 Å². The Balaban J connectivity index is 2.34. The smallest absolute Gasteiger partial charge is 0.149 e. The molecule has 0 saturated carbocycles. The van der Waals surface area contributed by atoms with Crippen LogP contribution in [0.2, 0.25) is 0 Å². The number of nitrogens with one attached hydrogen (secondary N) is 1. The van der Waals surface area contributed by atoms with Gasteiger partial charge in [-0.15, -0.1) is 10.2 Å². The molecule has 3 N–H and O–H groups in total. The highest BCUT2D eigenvalue weighted by atomic mass is 15.3. The fourth-order valence-electron chi connectivity index (χ4n) is 1.63. The van der Waals surface area contributed by atoms with Gasteiger partial charge in [-0.3, -0.25) is 0 Å². The van der Waals surface area contributed by atoms with Crippen LogP contribution in [-0.4, -0.2) is 27.9 Å². The van der Waals surface area contributed by atoms with Crippen molar-refractivity contribution in [2.45, 2.75) is 25.9 Å². The minimum atomic E-state index is -0.0284. The van der Waals surface area contributed by atoms with Crippen LogP contribution in [0.1, 0.15) is 24.6 Å². The molecule has 0 radical (unpaired) electrons. The topological polar surface area (TPSA) is 68.8 Å². The van der Waals surface area contributed by atoms with E-state index in [-0.39, 0.29) is 6.04 Å². The molecular formula is C8H15N5. The summed E-state index contributed by atoms with van der Waals surface area (Å²) in [5.74, 6) is 1.95. The first kappa shape index (κ1) is 8.65. The zero-order valence-corrected chi connectivity index (χ0v) is 7.82. The summed E-state index contributed by atoms with van der Waals surface area (Å²) in [6.07, 6.45) is 0.944. The average Bonchev–Trinajstić information content (AvgIpc) is 2.36. The second kappa shape index (κ2) is 3.43. The zero-order valence-electron chi connectivity index (χ0n) is 7.82. The molecule has 1 aliphatic rings. The predicted molar refractivity (Wildman–Crippen MR) is 49.2 cm³/mol. The quantitative estimate of drug-likeness (QED) is 0.609. The van der Waals surface area contributed by atoms with Gasteiger partial charge in [-0.05, 0) is 6.92 Å². The highest BCUT2D eigenvalue weighted by molar-refractivity contribution is 5.01. The van der Waals surface area contributed by atoms with E-state index in [2.05, 4.69) is 20.1 Å². The molecule has 2 heterocycles. The monoisotopic (exact) mass is 181 g/mol. The minimum Gasteiger partial charge on any atom is -0.322 e. The van der Waals surface area contributed by atoms with Crippen LogP contribution in [0.5, 0.6) is 0 Å². The van der Waals surface area contributed by atoms with Gasteiger partial charge in [-0.25, -0.2) is 0 Å². The Hall–Kier alpha value is -0.940. The van der Waals surface area contributed by atoms with Crippen LogP contribution in [0, 0.1) is 0 Å².